The Balaban J connectivity index is 1.97. The lowest BCUT2D eigenvalue weighted by molar-refractivity contribution is -0.166. The molecular formula is C11H17F3N4. The monoisotopic (exact) mass is 262 g/mol. The number of rotatable bonds is 5. The maximum atomic E-state index is 12.7. The van der Waals surface area contributed by atoms with Crippen LogP contribution in [0.3, 0.4) is 0 Å². The fraction of sp³-hybridized carbons (Fsp3) is 0.818. The standard InChI is InChI=1S/C11H17F3N4/c1-8(2)6-18-9(15-7-17-18)5-16-10(3-4-10)11(12,13)14/h7-8,16H,3-6H2,1-2H3. The van der Waals surface area contributed by atoms with Gasteiger partial charge in [0.25, 0.3) is 0 Å². The van der Waals surface area contributed by atoms with Crippen LogP contribution in [0.1, 0.15) is 32.5 Å². The van der Waals surface area contributed by atoms with Gasteiger partial charge in [-0.05, 0) is 18.8 Å². The van der Waals surface area contributed by atoms with Crippen molar-refractivity contribution in [2.75, 3.05) is 0 Å². The second-order valence-corrected chi connectivity index (χ2v) is 5.19. The molecule has 0 amide bonds. The lowest BCUT2D eigenvalue weighted by Crippen LogP contribution is -2.44. The SMILES string of the molecule is CC(C)Cn1ncnc1CNC1(C(F)(F)F)CC1. The van der Waals surface area contributed by atoms with Crippen molar-refractivity contribution < 1.29 is 13.2 Å². The van der Waals surface area contributed by atoms with Gasteiger partial charge in [-0.1, -0.05) is 13.8 Å². The van der Waals surface area contributed by atoms with Crippen LogP contribution >= 0.6 is 0 Å². The largest absolute Gasteiger partial charge is 0.406 e. The van der Waals surface area contributed by atoms with E-state index in [2.05, 4.69) is 15.4 Å². The Morgan fingerprint density at radius 1 is 1.44 bits per heavy atom. The van der Waals surface area contributed by atoms with Gasteiger partial charge in [0.1, 0.15) is 17.7 Å². The van der Waals surface area contributed by atoms with E-state index < -0.39 is 11.7 Å². The molecule has 1 fully saturated rings. The van der Waals surface area contributed by atoms with Gasteiger partial charge in [-0.25, -0.2) is 9.67 Å². The van der Waals surface area contributed by atoms with E-state index in [9.17, 15) is 13.2 Å². The molecule has 1 aromatic heterocycles. The van der Waals surface area contributed by atoms with Gasteiger partial charge in [-0.2, -0.15) is 18.3 Å². The summed E-state index contributed by atoms with van der Waals surface area (Å²) in [4.78, 5) is 4.00. The summed E-state index contributed by atoms with van der Waals surface area (Å²) in [7, 11) is 0. The first-order chi connectivity index (χ1) is 8.34. The summed E-state index contributed by atoms with van der Waals surface area (Å²) < 4.78 is 39.8. The normalized spacial score (nSPS) is 18.3. The number of hydrogen-bond acceptors (Lipinski definition) is 3. The van der Waals surface area contributed by atoms with Crippen LogP contribution in [0, 0.1) is 5.92 Å². The topological polar surface area (TPSA) is 42.7 Å². The molecule has 0 aromatic carbocycles. The minimum atomic E-state index is -4.18. The highest BCUT2D eigenvalue weighted by atomic mass is 19.4. The maximum absolute atomic E-state index is 12.7. The third-order valence-corrected chi connectivity index (χ3v) is 3.11. The number of aromatic nitrogens is 3. The van der Waals surface area contributed by atoms with Crippen LogP contribution in [0.5, 0.6) is 0 Å². The van der Waals surface area contributed by atoms with Crippen LogP contribution in [-0.4, -0.2) is 26.5 Å². The zero-order valence-corrected chi connectivity index (χ0v) is 10.5. The molecule has 4 nitrogen and oxygen atoms in total. The third-order valence-electron chi connectivity index (χ3n) is 3.11. The highest BCUT2D eigenvalue weighted by molar-refractivity contribution is 5.08. The molecule has 0 atom stereocenters. The van der Waals surface area contributed by atoms with Crippen molar-refractivity contribution in [3.05, 3.63) is 12.2 Å². The van der Waals surface area contributed by atoms with E-state index >= 15 is 0 Å². The van der Waals surface area contributed by atoms with E-state index in [0.29, 0.717) is 18.3 Å². The van der Waals surface area contributed by atoms with Gasteiger partial charge in [0.2, 0.25) is 0 Å². The average Bonchev–Trinajstić information content (AvgIpc) is 2.92. The molecule has 1 heterocycles. The van der Waals surface area contributed by atoms with E-state index in [0.717, 1.165) is 0 Å². The fourth-order valence-corrected chi connectivity index (χ4v) is 1.86. The van der Waals surface area contributed by atoms with Crippen molar-refractivity contribution in [1.29, 1.82) is 0 Å². The summed E-state index contributed by atoms with van der Waals surface area (Å²) in [5.74, 6) is 0.933. The second-order valence-electron chi connectivity index (χ2n) is 5.19. The Morgan fingerprint density at radius 3 is 2.61 bits per heavy atom. The Hall–Kier alpha value is -1.11. The van der Waals surface area contributed by atoms with Gasteiger partial charge in [-0.15, -0.1) is 0 Å². The van der Waals surface area contributed by atoms with Crippen molar-refractivity contribution in [2.45, 2.75) is 51.5 Å². The number of hydrogen-bond donors (Lipinski definition) is 1. The second kappa shape index (κ2) is 4.53. The molecule has 102 valence electrons. The first-order valence-corrected chi connectivity index (χ1v) is 6.02. The van der Waals surface area contributed by atoms with Gasteiger partial charge in [0.15, 0.2) is 0 Å². The predicted molar refractivity (Wildman–Crippen MR) is 59.7 cm³/mol. The lowest BCUT2D eigenvalue weighted by Gasteiger charge is -2.20. The Kier molecular flexibility index (Phi) is 3.35. The van der Waals surface area contributed by atoms with Gasteiger partial charge >= 0.3 is 6.18 Å². The summed E-state index contributed by atoms with van der Waals surface area (Å²) >= 11 is 0. The van der Waals surface area contributed by atoms with Gasteiger partial charge in [-0.3, -0.25) is 5.32 Å². The number of nitrogens with one attached hydrogen (secondary N) is 1. The van der Waals surface area contributed by atoms with Crippen molar-refractivity contribution >= 4 is 0 Å². The van der Waals surface area contributed by atoms with Gasteiger partial charge < -0.3 is 0 Å². The summed E-state index contributed by atoms with van der Waals surface area (Å²) in [6.45, 7) is 4.82. The first kappa shape index (κ1) is 13.3. The van der Waals surface area contributed by atoms with Crippen molar-refractivity contribution in [2.24, 2.45) is 5.92 Å². The molecule has 1 saturated carbocycles. The summed E-state index contributed by atoms with van der Waals surface area (Å²) in [6.07, 6.45) is -2.51. The van der Waals surface area contributed by atoms with Crippen LogP contribution in [0.4, 0.5) is 13.2 Å². The zero-order valence-electron chi connectivity index (χ0n) is 10.5. The van der Waals surface area contributed by atoms with Crippen LogP contribution < -0.4 is 5.32 Å². The molecule has 0 unspecified atom stereocenters. The number of nitrogens with zero attached hydrogens (tertiary/aromatic N) is 3. The highest BCUT2D eigenvalue weighted by Gasteiger charge is 2.63. The fourth-order valence-electron chi connectivity index (χ4n) is 1.86. The van der Waals surface area contributed by atoms with E-state index in [4.69, 9.17) is 0 Å². The third kappa shape index (κ3) is 2.66. The van der Waals surface area contributed by atoms with Crippen LogP contribution in [0.15, 0.2) is 6.33 Å². The minimum Gasteiger partial charge on any atom is -0.296 e. The van der Waals surface area contributed by atoms with E-state index in [1.807, 2.05) is 13.8 Å². The maximum Gasteiger partial charge on any atom is 0.406 e. The van der Waals surface area contributed by atoms with Crippen molar-refractivity contribution in [3.63, 3.8) is 0 Å². The van der Waals surface area contributed by atoms with Crippen LogP contribution in [0.2, 0.25) is 0 Å². The molecule has 0 aliphatic heterocycles. The molecule has 0 spiro atoms. The molecule has 1 aliphatic rings. The van der Waals surface area contributed by atoms with E-state index in [1.54, 1.807) is 4.68 Å². The molecule has 1 aliphatic carbocycles. The Bertz CT molecular complexity index is 407. The Labute approximate surface area is 104 Å². The predicted octanol–water partition coefficient (Wildman–Crippen LogP) is 2.12. The molecule has 7 heteroatoms. The molecule has 0 radical (unpaired) electrons. The highest BCUT2D eigenvalue weighted by Crippen LogP contribution is 2.48. The van der Waals surface area contributed by atoms with Gasteiger partial charge in [0, 0.05) is 6.54 Å². The summed E-state index contributed by atoms with van der Waals surface area (Å²) in [6, 6.07) is 0. The quantitative estimate of drug-likeness (QED) is 0.883. The molecule has 18 heavy (non-hydrogen) atoms. The summed E-state index contributed by atoms with van der Waals surface area (Å²) in [5, 5.41) is 6.60. The minimum absolute atomic E-state index is 0.103. The van der Waals surface area contributed by atoms with Gasteiger partial charge in [0.05, 0.1) is 6.54 Å². The molecule has 1 N–H and O–H groups in total. The number of halogens is 3. The molecule has 1 aromatic rings. The Morgan fingerprint density at radius 2 is 2.11 bits per heavy atom. The lowest BCUT2D eigenvalue weighted by atomic mass is 10.2. The zero-order chi connectivity index (χ0) is 13.4. The van der Waals surface area contributed by atoms with E-state index in [1.165, 1.54) is 6.33 Å². The van der Waals surface area contributed by atoms with Crippen LogP contribution in [0.25, 0.3) is 0 Å². The number of alkyl halides is 3. The van der Waals surface area contributed by atoms with Crippen molar-refractivity contribution in [1.82, 2.24) is 20.1 Å². The van der Waals surface area contributed by atoms with E-state index in [-0.39, 0.29) is 19.4 Å². The molecular weight excluding hydrogens is 245 g/mol. The smallest absolute Gasteiger partial charge is 0.296 e. The summed E-state index contributed by atoms with van der Waals surface area (Å²) in [5.41, 5.74) is -1.69. The molecule has 0 bridgehead atoms. The first-order valence-electron chi connectivity index (χ1n) is 6.02. The molecule has 2 rings (SSSR count). The molecule has 0 saturated heterocycles. The van der Waals surface area contributed by atoms with Crippen LogP contribution in [-0.2, 0) is 13.1 Å². The van der Waals surface area contributed by atoms with Crippen molar-refractivity contribution in [3.8, 4) is 0 Å². The average molecular weight is 262 g/mol.